The van der Waals surface area contributed by atoms with Crippen molar-refractivity contribution in [3.63, 3.8) is 0 Å². The van der Waals surface area contributed by atoms with Crippen LogP contribution in [0.5, 0.6) is 0 Å². The summed E-state index contributed by atoms with van der Waals surface area (Å²) in [5.41, 5.74) is 8.94. The summed E-state index contributed by atoms with van der Waals surface area (Å²) < 4.78 is 7.45. The first-order valence-corrected chi connectivity index (χ1v) is 8.47. The lowest BCUT2D eigenvalue weighted by molar-refractivity contribution is 0.372. The van der Waals surface area contributed by atoms with Gasteiger partial charge in [0.25, 0.3) is 5.89 Å². The van der Waals surface area contributed by atoms with E-state index >= 15 is 0 Å². The van der Waals surface area contributed by atoms with E-state index in [-0.39, 0.29) is 12.4 Å². The van der Waals surface area contributed by atoms with Crippen molar-refractivity contribution in [2.75, 3.05) is 0 Å². The zero-order valence-electron chi connectivity index (χ0n) is 14.2. The molecular weight excluding hydrogens is 338 g/mol. The predicted octanol–water partition coefficient (Wildman–Crippen LogP) is 3.63. The Morgan fingerprint density at radius 1 is 1.20 bits per heavy atom. The van der Waals surface area contributed by atoms with Crippen molar-refractivity contribution in [3.8, 4) is 17.1 Å². The smallest absolute Gasteiger partial charge is 0.261 e. The fourth-order valence-electron chi connectivity index (χ4n) is 3.45. The number of hydrogen-bond donors (Lipinski definition) is 1. The van der Waals surface area contributed by atoms with Gasteiger partial charge in [-0.1, -0.05) is 43.1 Å². The lowest BCUT2D eigenvalue weighted by Crippen LogP contribution is -2.34. The van der Waals surface area contributed by atoms with Crippen LogP contribution in [0.1, 0.15) is 44.1 Å². The van der Waals surface area contributed by atoms with E-state index in [9.17, 15) is 0 Å². The lowest BCUT2D eigenvalue weighted by Gasteiger charge is -2.17. The Morgan fingerprint density at radius 2 is 1.92 bits per heavy atom. The molecule has 2 aromatic heterocycles. The molecule has 0 spiro atoms. The molecule has 6 nitrogen and oxygen atoms in total. The number of aromatic nitrogens is 4. The van der Waals surface area contributed by atoms with Crippen molar-refractivity contribution in [1.29, 1.82) is 0 Å². The van der Waals surface area contributed by atoms with Gasteiger partial charge in [-0.05, 0) is 31.4 Å². The summed E-state index contributed by atoms with van der Waals surface area (Å²) in [5.74, 6) is 1.12. The minimum Gasteiger partial charge on any atom is -0.334 e. The van der Waals surface area contributed by atoms with E-state index in [2.05, 4.69) is 22.2 Å². The molecule has 2 heterocycles. The minimum absolute atomic E-state index is 0. The minimum atomic E-state index is -0.441. The van der Waals surface area contributed by atoms with Gasteiger partial charge in [-0.2, -0.15) is 10.1 Å². The fraction of sp³-hybridized carbons (Fsp3) is 0.389. The Kier molecular flexibility index (Phi) is 4.92. The standard InChI is InChI=1S/C18H21N5O.ClH/c1-2-15-14(12-20-23(15)13-8-4-3-5-9-13)16-21-17(22-24-16)18(19)10-6-7-11-18;/h3-5,8-9,12H,2,6-7,10-11,19H2,1H3;1H. The summed E-state index contributed by atoms with van der Waals surface area (Å²) >= 11 is 0. The molecule has 0 bridgehead atoms. The Balaban J connectivity index is 0.00000182. The summed E-state index contributed by atoms with van der Waals surface area (Å²) in [7, 11) is 0. The molecule has 2 N–H and O–H groups in total. The highest BCUT2D eigenvalue weighted by Crippen LogP contribution is 2.36. The van der Waals surface area contributed by atoms with Crippen LogP contribution in [0, 0.1) is 0 Å². The Hall–Kier alpha value is -2.18. The molecule has 132 valence electrons. The van der Waals surface area contributed by atoms with Crippen molar-refractivity contribution in [2.45, 2.75) is 44.6 Å². The SMILES string of the molecule is CCc1c(-c2nc(C3(N)CCCC3)no2)cnn1-c1ccccc1.Cl. The van der Waals surface area contributed by atoms with Gasteiger partial charge < -0.3 is 10.3 Å². The molecule has 7 heteroatoms. The van der Waals surface area contributed by atoms with Crippen LogP contribution >= 0.6 is 12.4 Å². The summed E-state index contributed by atoms with van der Waals surface area (Å²) in [6, 6.07) is 10.1. The van der Waals surface area contributed by atoms with E-state index in [1.165, 1.54) is 0 Å². The normalized spacial score (nSPS) is 15.9. The fourth-order valence-corrected chi connectivity index (χ4v) is 3.45. The Labute approximate surface area is 152 Å². The third-order valence-electron chi connectivity index (χ3n) is 4.80. The van der Waals surface area contributed by atoms with Gasteiger partial charge in [0.1, 0.15) is 0 Å². The highest BCUT2D eigenvalue weighted by molar-refractivity contribution is 5.85. The third kappa shape index (κ3) is 3.07. The maximum atomic E-state index is 6.43. The maximum absolute atomic E-state index is 6.43. The van der Waals surface area contributed by atoms with Crippen LogP contribution < -0.4 is 5.73 Å². The van der Waals surface area contributed by atoms with Crippen molar-refractivity contribution in [1.82, 2.24) is 19.9 Å². The van der Waals surface area contributed by atoms with Gasteiger partial charge in [0.05, 0.1) is 28.7 Å². The molecule has 1 aliphatic rings. The van der Waals surface area contributed by atoms with E-state index in [0.717, 1.165) is 49.0 Å². The number of nitrogens with zero attached hydrogens (tertiary/aromatic N) is 4. The largest absolute Gasteiger partial charge is 0.334 e. The van der Waals surface area contributed by atoms with E-state index in [1.807, 2.05) is 35.0 Å². The molecule has 1 aromatic carbocycles. The molecule has 25 heavy (non-hydrogen) atoms. The van der Waals surface area contributed by atoms with Crippen molar-refractivity contribution in [2.24, 2.45) is 5.73 Å². The zero-order chi connectivity index (χ0) is 16.6. The molecular formula is C18H22ClN5O. The van der Waals surface area contributed by atoms with E-state index in [0.29, 0.717) is 11.7 Å². The van der Waals surface area contributed by atoms with Crippen LogP contribution in [0.3, 0.4) is 0 Å². The number of para-hydroxylation sites is 1. The summed E-state index contributed by atoms with van der Waals surface area (Å²) in [6.07, 6.45) is 6.67. The van der Waals surface area contributed by atoms with Crippen molar-refractivity contribution in [3.05, 3.63) is 48.0 Å². The Bertz CT molecular complexity index is 836. The summed E-state index contributed by atoms with van der Waals surface area (Å²) in [6.45, 7) is 2.10. The summed E-state index contributed by atoms with van der Waals surface area (Å²) in [4.78, 5) is 4.59. The van der Waals surface area contributed by atoms with Gasteiger partial charge in [-0.25, -0.2) is 4.68 Å². The van der Waals surface area contributed by atoms with Crippen LogP contribution in [0.25, 0.3) is 17.1 Å². The molecule has 0 amide bonds. The van der Waals surface area contributed by atoms with Gasteiger partial charge in [-0.3, -0.25) is 0 Å². The van der Waals surface area contributed by atoms with Gasteiger partial charge in [0.15, 0.2) is 5.82 Å². The maximum Gasteiger partial charge on any atom is 0.261 e. The molecule has 0 aliphatic heterocycles. The third-order valence-corrected chi connectivity index (χ3v) is 4.80. The van der Waals surface area contributed by atoms with Gasteiger partial charge in [0.2, 0.25) is 0 Å². The van der Waals surface area contributed by atoms with Crippen molar-refractivity contribution < 1.29 is 4.52 Å². The number of rotatable bonds is 4. The number of nitrogens with two attached hydrogens (primary N) is 1. The predicted molar refractivity (Wildman–Crippen MR) is 97.8 cm³/mol. The first-order valence-electron chi connectivity index (χ1n) is 8.47. The van der Waals surface area contributed by atoms with Crippen LogP contribution in [-0.2, 0) is 12.0 Å². The first kappa shape index (κ1) is 17.6. The molecule has 0 atom stereocenters. The van der Waals surface area contributed by atoms with Crippen LogP contribution in [0.2, 0.25) is 0 Å². The van der Waals surface area contributed by atoms with Gasteiger partial charge in [-0.15, -0.1) is 12.4 Å². The molecule has 0 unspecified atom stereocenters. The van der Waals surface area contributed by atoms with E-state index < -0.39 is 5.54 Å². The van der Waals surface area contributed by atoms with Crippen LogP contribution in [0.4, 0.5) is 0 Å². The van der Waals surface area contributed by atoms with Crippen molar-refractivity contribution >= 4 is 12.4 Å². The molecule has 4 rings (SSSR count). The molecule has 0 radical (unpaired) electrons. The van der Waals surface area contributed by atoms with Crippen LogP contribution in [-0.4, -0.2) is 19.9 Å². The monoisotopic (exact) mass is 359 g/mol. The number of hydrogen-bond acceptors (Lipinski definition) is 5. The topological polar surface area (TPSA) is 82.8 Å². The van der Waals surface area contributed by atoms with Crippen LogP contribution in [0.15, 0.2) is 41.1 Å². The van der Waals surface area contributed by atoms with E-state index in [1.54, 1.807) is 6.20 Å². The van der Waals surface area contributed by atoms with Gasteiger partial charge in [0, 0.05) is 0 Å². The molecule has 3 aromatic rings. The average molecular weight is 360 g/mol. The highest BCUT2D eigenvalue weighted by Gasteiger charge is 2.36. The average Bonchev–Trinajstić information content (AvgIpc) is 3.34. The Morgan fingerprint density at radius 3 is 2.60 bits per heavy atom. The molecule has 1 aliphatic carbocycles. The highest BCUT2D eigenvalue weighted by atomic mass is 35.5. The zero-order valence-corrected chi connectivity index (χ0v) is 15.0. The lowest BCUT2D eigenvalue weighted by atomic mass is 9.99. The second kappa shape index (κ2) is 6.98. The summed E-state index contributed by atoms with van der Waals surface area (Å²) in [5, 5.41) is 8.67. The number of halogens is 1. The quantitative estimate of drug-likeness (QED) is 0.769. The second-order valence-electron chi connectivity index (χ2n) is 6.39. The second-order valence-corrected chi connectivity index (χ2v) is 6.39. The van der Waals surface area contributed by atoms with Gasteiger partial charge >= 0.3 is 0 Å². The number of benzene rings is 1. The first-order chi connectivity index (χ1) is 11.7. The van der Waals surface area contributed by atoms with E-state index in [4.69, 9.17) is 10.3 Å². The molecule has 0 saturated heterocycles. The molecule has 1 saturated carbocycles. The molecule has 1 fully saturated rings.